The van der Waals surface area contributed by atoms with Gasteiger partial charge in [-0.05, 0) is 142 Å². The van der Waals surface area contributed by atoms with Gasteiger partial charge in [-0.2, -0.15) is 0 Å². The van der Waals surface area contributed by atoms with E-state index in [-0.39, 0.29) is 32.2 Å². The van der Waals surface area contributed by atoms with Crippen LogP contribution in [0.1, 0.15) is 45.5 Å². The predicted octanol–water partition coefficient (Wildman–Crippen LogP) is 13.4. The Morgan fingerprint density at radius 1 is 0.479 bits per heavy atom. The van der Waals surface area contributed by atoms with Crippen molar-refractivity contribution in [3.8, 4) is 11.5 Å². The SMILES string of the molecule is CB(O)c1cc(Br)cc(N2CCCC2)c1.CB(O)c1ccc(C)c(Br)c1.CB(O)c1ccc(C)c(OCc2ccccc2)c1.CB(O)c1ccc(Cl)c(C(=O)Nc2ccccc2Cl)c1.CB(O)c1ccc(OCc2ccccc2F)c(Cl)c1.CB(O)c1ccc2ccccc2c1. The van der Waals surface area contributed by atoms with Crippen LogP contribution in [0.2, 0.25) is 56.0 Å². The average molecular weight is 1480 g/mol. The van der Waals surface area contributed by atoms with Gasteiger partial charge in [-0.1, -0.05) is 265 Å². The average Bonchev–Trinajstić information content (AvgIpc) is 1.16. The number of amides is 1. The molecule has 96 heavy (non-hydrogen) atoms. The number of anilines is 2. The van der Waals surface area contributed by atoms with Crippen molar-refractivity contribution in [3.63, 3.8) is 0 Å². The quantitative estimate of drug-likeness (QED) is 0.0490. The number of nitrogens with one attached hydrogen (secondary N) is 1. The molecule has 0 saturated carbocycles. The maximum absolute atomic E-state index is 13.4. The number of nitrogens with zero attached hydrogens (tertiary/aromatic N) is 1. The first-order valence-corrected chi connectivity index (χ1v) is 34.2. The van der Waals surface area contributed by atoms with Gasteiger partial charge in [0.1, 0.15) is 30.5 Å². The highest BCUT2D eigenvalue weighted by molar-refractivity contribution is 9.10. The van der Waals surface area contributed by atoms with Crippen molar-refractivity contribution in [1.29, 1.82) is 0 Å². The van der Waals surface area contributed by atoms with Crippen LogP contribution in [0.3, 0.4) is 0 Å². The zero-order valence-corrected chi connectivity index (χ0v) is 60.5. The van der Waals surface area contributed by atoms with Crippen molar-refractivity contribution in [2.75, 3.05) is 23.3 Å². The molecule has 1 fully saturated rings. The molecule has 0 atom stereocenters. The van der Waals surface area contributed by atoms with Gasteiger partial charge >= 0.3 is 41.5 Å². The molecule has 1 aliphatic heterocycles. The first-order valence-electron chi connectivity index (χ1n) is 31.4. The molecule has 11 nitrogen and oxygen atoms in total. The zero-order valence-electron chi connectivity index (χ0n) is 55.0. The summed E-state index contributed by atoms with van der Waals surface area (Å²) < 4.78 is 26.8. The third kappa shape index (κ3) is 25.3. The van der Waals surface area contributed by atoms with Gasteiger partial charge in [-0.15, -0.1) is 0 Å². The van der Waals surface area contributed by atoms with Crippen LogP contribution >= 0.6 is 66.7 Å². The second-order valence-corrected chi connectivity index (χ2v) is 26.1. The van der Waals surface area contributed by atoms with Crippen molar-refractivity contribution in [2.24, 2.45) is 0 Å². The number of para-hydroxylation sites is 1. The van der Waals surface area contributed by atoms with Crippen molar-refractivity contribution in [1.82, 2.24) is 0 Å². The molecule has 0 bridgehead atoms. The van der Waals surface area contributed by atoms with Crippen LogP contribution < -0.4 is 52.5 Å². The number of ether oxygens (including phenoxy) is 2. The molecule has 23 heteroatoms. The minimum Gasteiger partial charge on any atom is -0.489 e. The standard InChI is InChI=1S/C15H17BO2.C14H12BCl2NO2.C14H13BClFO2.C11H15BBrNO.C11H11BO.C8H10BBrO/c1-12-8-9-14(16(2)17)10-15(12)18-11-13-6-4-3-5-7-13;1-15(20)9-6-7-11(16)10(8-9)14(19)18-13-5-3-2-4-12(13)17;1-15(18)11-6-7-14(12(16)8-11)19-9-10-4-2-3-5-13(10)17;1-12(15)9-6-10(13)8-11(7-9)14-4-2-3-5-14;1-12(13)11-7-6-9-4-2-3-5-10(9)8-11;1-6-3-4-7(9(2)11)5-8(6)10/h3-10,17H,11H2,1-2H3;2-8,20H,1H3,(H,18,19);2-8,18H,9H2,1H3;6-8,15H,2-5H2,1H3;2-8,13H,1H3;3-5,11H,1-2H3. The number of halogens is 6. The summed E-state index contributed by atoms with van der Waals surface area (Å²) in [7, 11) is 0. The molecule has 1 saturated heterocycles. The fraction of sp³-hybridized carbons (Fsp3) is 0.192. The third-order valence-corrected chi connectivity index (χ3v) is 17.6. The van der Waals surface area contributed by atoms with E-state index in [0.29, 0.717) is 55.2 Å². The van der Waals surface area contributed by atoms with Crippen LogP contribution in [0.4, 0.5) is 15.8 Å². The molecular formula is C73H78B6Br2Cl3FN2O9. The van der Waals surface area contributed by atoms with E-state index in [0.717, 1.165) is 60.8 Å². The summed E-state index contributed by atoms with van der Waals surface area (Å²) in [6.45, 7) is 14.5. The molecule has 0 unspecified atom stereocenters. The molecule has 1 amide bonds. The van der Waals surface area contributed by atoms with Crippen LogP contribution in [-0.4, -0.2) is 90.6 Å². The minimum absolute atomic E-state index is 0.112. The van der Waals surface area contributed by atoms with E-state index >= 15 is 0 Å². The summed E-state index contributed by atoms with van der Waals surface area (Å²) in [5, 5.41) is 63.0. The van der Waals surface area contributed by atoms with Crippen LogP contribution in [0.5, 0.6) is 11.5 Å². The molecular weight excluding hydrogens is 1400 g/mol. The molecule has 11 rings (SSSR count). The Bertz CT molecular complexity index is 4110. The Hall–Kier alpha value is -6.76. The summed E-state index contributed by atoms with van der Waals surface area (Å²) >= 11 is 25.0. The lowest BCUT2D eigenvalue weighted by atomic mass is 9.64. The van der Waals surface area contributed by atoms with Crippen molar-refractivity contribution in [2.45, 2.75) is 80.8 Å². The van der Waals surface area contributed by atoms with E-state index in [1.807, 2.05) is 117 Å². The summed E-state index contributed by atoms with van der Waals surface area (Å²) in [6.07, 6.45) is 2.55. The highest BCUT2D eigenvalue weighted by atomic mass is 79.9. The molecule has 0 aliphatic carbocycles. The van der Waals surface area contributed by atoms with E-state index in [1.165, 1.54) is 40.9 Å². The fourth-order valence-electron chi connectivity index (χ4n) is 9.49. The van der Waals surface area contributed by atoms with Crippen LogP contribution in [0.15, 0.2) is 221 Å². The number of hydrogen-bond donors (Lipinski definition) is 7. The van der Waals surface area contributed by atoms with Crippen LogP contribution in [0, 0.1) is 19.7 Å². The second-order valence-electron chi connectivity index (χ2n) is 23.2. The topological polar surface area (TPSA) is 172 Å². The zero-order chi connectivity index (χ0) is 70.0. The monoisotopic (exact) mass is 1470 g/mol. The van der Waals surface area contributed by atoms with Crippen molar-refractivity contribution < 1.29 is 48.8 Å². The molecule has 1 heterocycles. The lowest BCUT2D eigenvalue weighted by Gasteiger charge is -2.19. The second kappa shape index (κ2) is 39.6. The van der Waals surface area contributed by atoms with Gasteiger partial charge in [0.15, 0.2) is 0 Å². The Balaban J connectivity index is 0.000000184. The molecule has 0 spiro atoms. The number of rotatable bonds is 15. The van der Waals surface area contributed by atoms with Gasteiger partial charge in [-0.25, -0.2) is 4.39 Å². The molecule has 494 valence electrons. The lowest BCUT2D eigenvalue weighted by molar-refractivity contribution is 0.102. The first kappa shape index (κ1) is 78.2. The summed E-state index contributed by atoms with van der Waals surface area (Å²) in [6, 6.07) is 65.3. The third-order valence-electron chi connectivity index (χ3n) is 15.3. The minimum atomic E-state index is -0.667. The fourth-order valence-corrected chi connectivity index (χ4v) is 11.0. The van der Waals surface area contributed by atoms with Gasteiger partial charge in [0.2, 0.25) is 0 Å². The highest BCUT2D eigenvalue weighted by Crippen LogP contribution is 2.27. The van der Waals surface area contributed by atoms with E-state index in [9.17, 15) is 39.3 Å². The number of carbonyl (C=O) groups is 1. The molecule has 7 N–H and O–H groups in total. The predicted molar refractivity (Wildman–Crippen MR) is 414 cm³/mol. The van der Waals surface area contributed by atoms with Gasteiger partial charge in [0.25, 0.3) is 5.91 Å². The Kier molecular flexibility index (Phi) is 32.3. The molecule has 0 aromatic heterocycles. The van der Waals surface area contributed by atoms with E-state index in [4.69, 9.17) is 44.3 Å². The largest absolute Gasteiger partial charge is 0.489 e. The number of fused-ring (bicyclic) bond motifs is 1. The van der Waals surface area contributed by atoms with Crippen LogP contribution in [-0.2, 0) is 13.2 Å². The molecule has 0 radical (unpaired) electrons. The Morgan fingerprint density at radius 3 is 1.60 bits per heavy atom. The summed E-state index contributed by atoms with van der Waals surface area (Å²) in [4.78, 5) is 14.6. The maximum atomic E-state index is 13.4. The normalized spacial score (nSPS) is 11.1. The van der Waals surface area contributed by atoms with Gasteiger partial charge in [0.05, 0.1) is 26.3 Å². The number of hydrogen-bond acceptors (Lipinski definition) is 10. The Morgan fingerprint density at radius 2 is 0.990 bits per heavy atom. The molecule has 10 aromatic carbocycles. The van der Waals surface area contributed by atoms with Crippen LogP contribution in [0.25, 0.3) is 10.8 Å². The van der Waals surface area contributed by atoms with Gasteiger partial charge < -0.3 is 49.8 Å². The smallest absolute Gasteiger partial charge is 0.320 e. The van der Waals surface area contributed by atoms with E-state index in [1.54, 1.807) is 120 Å². The van der Waals surface area contributed by atoms with Gasteiger partial charge in [-0.3, -0.25) is 4.79 Å². The maximum Gasteiger partial charge on any atom is 0.320 e. The van der Waals surface area contributed by atoms with Gasteiger partial charge in [0, 0.05) is 33.3 Å². The lowest BCUT2D eigenvalue weighted by Crippen LogP contribution is -2.28. The van der Waals surface area contributed by atoms with Crippen molar-refractivity contribution >= 4 is 169 Å². The Labute approximate surface area is 598 Å². The van der Waals surface area contributed by atoms with E-state index in [2.05, 4.69) is 66.3 Å². The van der Waals surface area contributed by atoms with Crippen molar-refractivity contribution in [3.05, 3.63) is 270 Å². The summed E-state index contributed by atoms with van der Waals surface area (Å²) in [5.74, 6) is 0.622. The summed E-state index contributed by atoms with van der Waals surface area (Å²) in [5.41, 5.74) is 11.0. The highest BCUT2D eigenvalue weighted by Gasteiger charge is 2.19. The van der Waals surface area contributed by atoms with E-state index < -0.39 is 27.7 Å². The first-order chi connectivity index (χ1) is 45.8. The number of benzene rings is 10. The molecule has 1 aliphatic rings. The molecule has 10 aromatic rings. The number of carbonyl (C=O) groups excluding carboxylic acids is 1. The number of aryl methyl sites for hydroxylation is 2.